The molecule has 1 saturated heterocycles. The molecule has 1 aliphatic heterocycles. The Morgan fingerprint density at radius 3 is 2.94 bits per heavy atom. The molecule has 1 aliphatic rings. The van der Waals surface area contributed by atoms with Gasteiger partial charge in [-0.15, -0.1) is 0 Å². The van der Waals surface area contributed by atoms with Crippen LogP contribution < -0.4 is 0 Å². The molecule has 1 fully saturated rings. The van der Waals surface area contributed by atoms with Gasteiger partial charge in [-0.25, -0.2) is 12.7 Å². The fourth-order valence-electron chi connectivity index (χ4n) is 2.17. The van der Waals surface area contributed by atoms with Crippen LogP contribution in [0.1, 0.15) is 30.5 Å². The molecule has 0 bridgehead atoms. The van der Waals surface area contributed by atoms with Crippen molar-refractivity contribution < 1.29 is 8.42 Å². The van der Waals surface area contributed by atoms with Crippen LogP contribution >= 0.6 is 0 Å². The normalized spacial score (nSPS) is 22.8. The van der Waals surface area contributed by atoms with Gasteiger partial charge in [-0.05, 0) is 25.8 Å². The predicted molar refractivity (Wildman–Crippen MR) is 61.7 cm³/mol. The predicted octanol–water partition coefficient (Wildman–Crippen LogP) is 0.857. The standard InChI is InChI=1S/C10H17N3O2S/c1-3-16(14,15)13-5-4-9(7-13)10-8(2)6-11-12-10/h6,9H,3-5,7H2,1-2H3,(H,11,12)/t9-/m0/s1. The lowest BCUT2D eigenvalue weighted by Gasteiger charge is -2.14. The van der Waals surface area contributed by atoms with Crippen LogP contribution in [-0.4, -0.2) is 41.8 Å². The van der Waals surface area contributed by atoms with Crippen molar-refractivity contribution >= 4 is 10.0 Å². The van der Waals surface area contributed by atoms with Gasteiger partial charge in [-0.3, -0.25) is 5.10 Å². The number of rotatable bonds is 3. The van der Waals surface area contributed by atoms with Gasteiger partial charge in [0.2, 0.25) is 10.0 Å². The molecule has 0 unspecified atom stereocenters. The fourth-order valence-corrected chi connectivity index (χ4v) is 3.32. The molecule has 0 spiro atoms. The van der Waals surface area contributed by atoms with Crippen molar-refractivity contribution in [2.45, 2.75) is 26.2 Å². The average Bonchev–Trinajstić information content (AvgIpc) is 2.85. The van der Waals surface area contributed by atoms with Crippen molar-refractivity contribution in [3.63, 3.8) is 0 Å². The van der Waals surface area contributed by atoms with E-state index >= 15 is 0 Å². The topological polar surface area (TPSA) is 66.1 Å². The van der Waals surface area contributed by atoms with Crippen LogP contribution in [0.15, 0.2) is 6.20 Å². The number of aryl methyl sites for hydroxylation is 1. The van der Waals surface area contributed by atoms with Gasteiger partial charge in [0.1, 0.15) is 0 Å². The number of H-pyrrole nitrogens is 1. The highest BCUT2D eigenvalue weighted by Crippen LogP contribution is 2.29. The van der Waals surface area contributed by atoms with Gasteiger partial charge in [-0.2, -0.15) is 5.10 Å². The van der Waals surface area contributed by atoms with Crippen molar-refractivity contribution in [2.75, 3.05) is 18.8 Å². The zero-order valence-electron chi connectivity index (χ0n) is 9.60. The Labute approximate surface area is 95.9 Å². The van der Waals surface area contributed by atoms with Gasteiger partial charge < -0.3 is 0 Å². The lowest BCUT2D eigenvalue weighted by Crippen LogP contribution is -2.30. The zero-order chi connectivity index (χ0) is 11.8. The highest BCUT2D eigenvalue weighted by atomic mass is 32.2. The van der Waals surface area contributed by atoms with Crippen LogP contribution in [0.5, 0.6) is 0 Å². The Bertz CT molecular complexity index is 466. The van der Waals surface area contributed by atoms with E-state index in [4.69, 9.17) is 0 Å². The first-order chi connectivity index (χ1) is 7.54. The molecule has 0 radical (unpaired) electrons. The number of nitrogens with zero attached hydrogens (tertiary/aromatic N) is 2. The molecule has 2 heterocycles. The molecule has 0 aliphatic carbocycles. The average molecular weight is 243 g/mol. The molecule has 1 aromatic rings. The second kappa shape index (κ2) is 4.18. The third-order valence-electron chi connectivity index (χ3n) is 3.19. The molecule has 0 saturated carbocycles. The van der Waals surface area contributed by atoms with Crippen LogP contribution in [0.25, 0.3) is 0 Å². The summed E-state index contributed by atoms with van der Waals surface area (Å²) in [4.78, 5) is 0. The first kappa shape index (κ1) is 11.6. The molecule has 6 heteroatoms. The monoisotopic (exact) mass is 243 g/mol. The highest BCUT2D eigenvalue weighted by Gasteiger charge is 2.32. The van der Waals surface area contributed by atoms with Crippen LogP contribution in [0.2, 0.25) is 0 Å². The number of aromatic nitrogens is 2. The molecule has 1 N–H and O–H groups in total. The van der Waals surface area contributed by atoms with E-state index in [9.17, 15) is 8.42 Å². The third-order valence-corrected chi connectivity index (χ3v) is 5.03. The molecular formula is C10H17N3O2S. The van der Waals surface area contributed by atoms with Crippen LogP contribution in [0.4, 0.5) is 0 Å². The summed E-state index contributed by atoms with van der Waals surface area (Å²) in [6.07, 6.45) is 2.66. The number of nitrogens with one attached hydrogen (secondary N) is 1. The van der Waals surface area contributed by atoms with E-state index in [0.717, 1.165) is 17.7 Å². The minimum absolute atomic E-state index is 0.182. The summed E-state index contributed by atoms with van der Waals surface area (Å²) in [7, 11) is -3.04. The molecule has 5 nitrogen and oxygen atoms in total. The quantitative estimate of drug-likeness (QED) is 0.856. The zero-order valence-corrected chi connectivity index (χ0v) is 10.4. The third kappa shape index (κ3) is 1.99. The molecule has 0 aromatic carbocycles. The van der Waals surface area contributed by atoms with Crippen molar-refractivity contribution in [3.05, 3.63) is 17.5 Å². The number of sulfonamides is 1. The fraction of sp³-hybridized carbons (Fsp3) is 0.700. The Kier molecular flexibility index (Phi) is 3.03. The first-order valence-corrected chi connectivity index (χ1v) is 7.13. The minimum Gasteiger partial charge on any atom is -0.282 e. The molecule has 1 aromatic heterocycles. The van der Waals surface area contributed by atoms with Crippen LogP contribution in [0, 0.1) is 6.92 Å². The smallest absolute Gasteiger partial charge is 0.213 e. The van der Waals surface area contributed by atoms with E-state index in [0.29, 0.717) is 13.1 Å². The molecule has 16 heavy (non-hydrogen) atoms. The lowest BCUT2D eigenvalue weighted by atomic mass is 10.0. The van der Waals surface area contributed by atoms with Gasteiger partial charge in [0.25, 0.3) is 0 Å². The summed E-state index contributed by atoms with van der Waals surface area (Å²) in [5.41, 5.74) is 2.19. The lowest BCUT2D eigenvalue weighted by molar-refractivity contribution is 0.473. The van der Waals surface area contributed by atoms with E-state index < -0.39 is 10.0 Å². The maximum Gasteiger partial charge on any atom is 0.213 e. The Hall–Kier alpha value is -0.880. The SMILES string of the molecule is CCS(=O)(=O)N1CC[C@H](c2[nH]ncc2C)C1. The summed E-state index contributed by atoms with van der Waals surface area (Å²) in [5, 5.41) is 6.95. The molecular weight excluding hydrogens is 226 g/mol. The highest BCUT2D eigenvalue weighted by molar-refractivity contribution is 7.89. The van der Waals surface area contributed by atoms with Crippen molar-refractivity contribution in [2.24, 2.45) is 0 Å². The summed E-state index contributed by atoms with van der Waals surface area (Å²) in [6.45, 7) is 4.89. The van der Waals surface area contributed by atoms with Gasteiger partial charge in [0, 0.05) is 24.7 Å². The van der Waals surface area contributed by atoms with Gasteiger partial charge >= 0.3 is 0 Å². The second-order valence-electron chi connectivity index (χ2n) is 4.21. The Morgan fingerprint density at radius 1 is 1.62 bits per heavy atom. The molecule has 2 rings (SSSR count). The Balaban J connectivity index is 2.13. The number of hydrogen-bond donors (Lipinski definition) is 1. The van der Waals surface area contributed by atoms with E-state index in [1.807, 2.05) is 6.92 Å². The first-order valence-electron chi connectivity index (χ1n) is 5.52. The summed E-state index contributed by atoms with van der Waals surface area (Å²) < 4.78 is 25.0. The molecule has 1 atom stereocenters. The van der Waals surface area contributed by atoms with E-state index in [2.05, 4.69) is 10.2 Å². The molecule has 0 amide bonds. The largest absolute Gasteiger partial charge is 0.282 e. The van der Waals surface area contributed by atoms with Crippen molar-refractivity contribution in [1.29, 1.82) is 0 Å². The van der Waals surface area contributed by atoms with Crippen LogP contribution in [-0.2, 0) is 10.0 Å². The second-order valence-corrected chi connectivity index (χ2v) is 6.47. The van der Waals surface area contributed by atoms with Crippen molar-refractivity contribution in [1.82, 2.24) is 14.5 Å². The van der Waals surface area contributed by atoms with Crippen molar-refractivity contribution in [3.8, 4) is 0 Å². The molecule has 90 valence electrons. The van der Waals surface area contributed by atoms with Crippen LogP contribution in [0.3, 0.4) is 0 Å². The van der Waals surface area contributed by atoms with E-state index in [-0.39, 0.29) is 11.7 Å². The summed E-state index contributed by atoms with van der Waals surface area (Å²) in [5.74, 6) is 0.450. The van der Waals surface area contributed by atoms with Gasteiger partial charge in [0.05, 0.1) is 11.9 Å². The van der Waals surface area contributed by atoms with E-state index in [1.54, 1.807) is 17.4 Å². The number of aromatic amines is 1. The van der Waals surface area contributed by atoms with Gasteiger partial charge in [-0.1, -0.05) is 0 Å². The van der Waals surface area contributed by atoms with Gasteiger partial charge in [0.15, 0.2) is 0 Å². The summed E-state index contributed by atoms with van der Waals surface area (Å²) >= 11 is 0. The summed E-state index contributed by atoms with van der Waals surface area (Å²) in [6, 6.07) is 0. The number of hydrogen-bond acceptors (Lipinski definition) is 3. The van der Waals surface area contributed by atoms with E-state index in [1.165, 1.54) is 0 Å². The Morgan fingerprint density at radius 2 is 2.38 bits per heavy atom. The maximum absolute atomic E-state index is 11.7. The minimum atomic E-state index is -3.04. The maximum atomic E-state index is 11.7.